The summed E-state index contributed by atoms with van der Waals surface area (Å²) >= 11 is 0. The Morgan fingerprint density at radius 2 is 1.89 bits per heavy atom. The average Bonchev–Trinajstić information content (AvgIpc) is 2.64. The lowest BCUT2D eigenvalue weighted by Crippen LogP contribution is -2.31. The quantitative estimate of drug-likeness (QED) is 0.664. The van der Waals surface area contributed by atoms with Crippen molar-refractivity contribution in [2.75, 3.05) is 52.3 Å². The third-order valence-corrected chi connectivity index (χ3v) is 3.85. The molecule has 2 rings (SSSR count). The van der Waals surface area contributed by atoms with E-state index in [4.69, 9.17) is 4.74 Å². The molecular formula is C18H24F3N5O. The van der Waals surface area contributed by atoms with Crippen molar-refractivity contribution < 1.29 is 17.9 Å². The Kier molecular flexibility index (Phi) is 7.49. The van der Waals surface area contributed by atoms with Gasteiger partial charge in [0.2, 0.25) is 0 Å². The first-order chi connectivity index (χ1) is 12.8. The van der Waals surface area contributed by atoms with E-state index in [2.05, 4.69) is 15.0 Å². The van der Waals surface area contributed by atoms with Gasteiger partial charge in [0.1, 0.15) is 5.82 Å². The summed E-state index contributed by atoms with van der Waals surface area (Å²) < 4.78 is 45.2. The normalized spacial score (nSPS) is 11.8. The zero-order valence-corrected chi connectivity index (χ0v) is 15.7. The van der Waals surface area contributed by atoms with E-state index in [0.717, 1.165) is 19.0 Å². The topological polar surface area (TPSA) is 54.4 Å². The van der Waals surface area contributed by atoms with Gasteiger partial charge in [-0.25, -0.2) is 9.97 Å². The van der Waals surface area contributed by atoms with Crippen LogP contribution in [0.3, 0.4) is 0 Å². The molecule has 148 valence electrons. The predicted octanol–water partition coefficient (Wildman–Crippen LogP) is 2.96. The second-order valence-electron chi connectivity index (χ2n) is 6.31. The molecule has 0 aromatic carbocycles. The van der Waals surface area contributed by atoms with Gasteiger partial charge in [0.25, 0.3) is 0 Å². The van der Waals surface area contributed by atoms with Gasteiger partial charge in [-0.2, -0.15) is 13.2 Å². The second kappa shape index (κ2) is 9.61. The molecule has 0 fully saturated rings. The first-order valence-corrected chi connectivity index (χ1v) is 8.56. The summed E-state index contributed by atoms with van der Waals surface area (Å²) in [6.07, 6.45) is -0.787. The Morgan fingerprint density at radius 1 is 1.11 bits per heavy atom. The van der Waals surface area contributed by atoms with Gasteiger partial charge in [-0.1, -0.05) is 0 Å². The number of halogens is 3. The molecule has 0 atom stereocenters. The van der Waals surface area contributed by atoms with Gasteiger partial charge in [-0.05, 0) is 39.2 Å². The zero-order chi connectivity index (χ0) is 19.9. The highest BCUT2D eigenvalue weighted by Crippen LogP contribution is 2.31. The molecule has 2 heterocycles. The highest BCUT2D eigenvalue weighted by Gasteiger charge is 2.34. The maximum absolute atomic E-state index is 13.4. The van der Waals surface area contributed by atoms with E-state index in [1.165, 1.54) is 6.20 Å². The van der Waals surface area contributed by atoms with Gasteiger partial charge < -0.3 is 14.5 Å². The minimum Gasteiger partial charge on any atom is -0.383 e. The fourth-order valence-electron chi connectivity index (χ4n) is 2.49. The summed E-state index contributed by atoms with van der Waals surface area (Å²) in [7, 11) is 5.46. The van der Waals surface area contributed by atoms with Crippen LogP contribution in [0.25, 0.3) is 11.4 Å². The van der Waals surface area contributed by atoms with Crippen LogP contribution in [-0.2, 0) is 10.9 Å². The summed E-state index contributed by atoms with van der Waals surface area (Å²) in [5, 5.41) is 0. The van der Waals surface area contributed by atoms with Gasteiger partial charge >= 0.3 is 6.18 Å². The van der Waals surface area contributed by atoms with Crippen LogP contribution < -0.4 is 4.90 Å². The van der Waals surface area contributed by atoms with Crippen LogP contribution in [0.4, 0.5) is 19.0 Å². The number of hydrogen-bond donors (Lipinski definition) is 0. The van der Waals surface area contributed by atoms with E-state index in [1.54, 1.807) is 30.3 Å². The number of methoxy groups -OCH3 is 1. The first kappa shape index (κ1) is 21.0. The summed E-state index contributed by atoms with van der Waals surface area (Å²) in [5.74, 6) is 0.231. The lowest BCUT2D eigenvalue weighted by atomic mass is 10.2. The minimum atomic E-state index is -4.56. The van der Waals surface area contributed by atoms with Crippen molar-refractivity contribution in [2.24, 2.45) is 0 Å². The number of pyridine rings is 1. The third-order valence-electron chi connectivity index (χ3n) is 3.85. The molecule has 0 aliphatic carbocycles. The molecule has 0 saturated carbocycles. The first-order valence-electron chi connectivity index (χ1n) is 8.56. The molecule has 0 aliphatic rings. The van der Waals surface area contributed by atoms with Crippen molar-refractivity contribution in [3.05, 3.63) is 36.3 Å². The molecule has 0 N–H and O–H groups in total. The molecule has 0 radical (unpaired) electrons. The van der Waals surface area contributed by atoms with Crippen molar-refractivity contribution in [1.82, 2.24) is 19.9 Å². The number of rotatable bonds is 9. The summed E-state index contributed by atoms with van der Waals surface area (Å²) in [6, 6.07) is 4.27. The van der Waals surface area contributed by atoms with Crippen LogP contribution in [0.1, 0.15) is 12.1 Å². The molecule has 6 nitrogen and oxygen atoms in total. The molecule has 27 heavy (non-hydrogen) atoms. The van der Waals surface area contributed by atoms with Gasteiger partial charge in [0.15, 0.2) is 11.5 Å². The molecule has 0 spiro atoms. The van der Waals surface area contributed by atoms with Crippen LogP contribution in [-0.4, -0.2) is 67.3 Å². The Hall–Kier alpha value is -2.26. The van der Waals surface area contributed by atoms with Crippen molar-refractivity contribution in [1.29, 1.82) is 0 Å². The second-order valence-corrected chi connectivity index (χ2v) is 6.31. The third kappa shape index (κ3) is 6.44. The number of ether oxygens (including phenoxy) is 1. The summed E-state index contributed by atoms with van der Waals surface area (Å²) in [5.41, 5.74) is -0.536. The Labute approximate surface area is 157 Å². The Morgan fingerprint density at radius 3 is 2.48 bits per heavy atom. The van der Waals surface area contributed by atoms with Crippen LogP contribution in [0, 0.1) is 0 Å². The van der Waals surface area contributed by atoms with Gasteiger partial charge in [-0.15, -0.1) is 0 Å². The van der Waals surface area contributed by atoms with Crippen LogP contribution in [0.15, 0.2) is 30.6 Å². The minimum absolute atomic E-state index is 0.00273. The van der Waals surface area contributed by atoms with Gasteiger partial charge in [0, 0.05) is 44.2 Å². The highest BCUT2D eigenvalue weighted by atomic mass is 19.4. The van der Waals surface area contributed by atoms with Crippen molar-refractivity contribution in [3.8, 4) is 11.4 Å². The highest BCUT2D eigenvalue weighted by molar-refractivity contribution is 5.57. The maximum atomic E-state index is 13.4. The molecule has 2 aromatic rings. The number of nitrogens with zero attached hydrogens (tertiary/aromatic N) is 5. The van der Waals surface area contributed by atoms with E-state index in [0.29, 0.717) is 25.3 Å². The Balaban J connectivity index is 2.40. The number of anilines is 1. The molecule has 2 aromatic heterocycles. The number of hydrogen-bond acceptors (Lipinski definition) is 6. The molecule has 0 amide bonds. The molecule has 0 unspecified atom stereocenters. The molecule has 0 bridgehead atoms. The maximum Gasteiger partial charge on any atom is 0.433 e. The van der Waals surface area contributed by atoms with E-state index in [9.17, 15) is 13.2 Å². The summed E-state index contributed by atoms with van der Waals surface area (Å²) in [6.45, 7) is 2.19. The molecular weight excluding hydrogens is 359 g/mol. The molecule has 9 heteroatoms. The fraction of sp³-hybridized carbons (Fsp3) is 0.500. The van der Waals surface area contributed by atoms with E-state index in [1.807, 2.05) is 19.0 Å². The van der Waals surface area contributed by atoms with Gasteiger partial charge in [-0.3, -0.25) is 4.98 Å². The number of aromatic nitrogens is 3. The largest absolute Gasteiger partial charge is 0.433 e. The SMILES string of the molecule is COCCN(CCCN(C)C)c1cc(C(F)(F)F)nc(-c2cccnc2)n1. The number of alkyl halides is 3. The molecule has 0 aliphatic heterocycles. The van der Waals surface area contributed by atoms with Crippen LogP contribution >= 0.6 is 0 Å². The molecule has 0 saturated heterocycles. The van der Waals surface area contributed by atoms with Crippen molar-refractivity contribution in [3.63, 3.8) is 0 Å². The lowest BCUT2D eigenvalue weighted by Gasteiger charge is -2.25. The predicted molar refractivity (Wildman–Crippen MR) is 97.5 cm³/mol. The zero-order valence-electron chi connectivity index (χ0n) is 15.7. The smallest absolute Gasteiger partial charge is 0.383 e. The van der Waals surface area contributed by atoms with Crippen molar-refractivity contribution >= 4 is 5.82 Å². The van der Waals surface area contributed by atoms with Crippen LogP contribution in [0.5, 0.6) is 0 Å². The van der Waals surface area contributed by atoms with Gasteiger partial charge in [0.05, 0.1) is 6.61 Å². The van der Waals surface area contributed by atoms with Crippen molar-refractivity contribution in [2.45, 2.75) is 12.6 Å². The van der Waals surface area contributed by atoms with E-state index >= 15 is 0 Å². The Bertz CT molecular complexity index is 710. The van der Waals surface area contributed by atoms with Crippen LogP contribution in [0.2, 0.25) is 0 Å². The van der Waals surface area contributed by atoms with E-state index < -0.39 is 11.9 Å². The van der Waals surface area contributed by atoms with E-state index in [-0.39, 0.29) is 11.6 Å². The average molecular weight is 383 g/mol. The lowest BCUT2D eigenvalue weighted by molar-refractivity contribution is -0.141. The standard InChI is InChI=1S/C18H24F3N5O/c1-25(2)8-5-9-26(10-11-27-3)16-12-15(18(19,20)21)23-17(24-16)14-6-4-7-22-13-14/h4,6-7,12-13H,5,8-11H2,1-3H3. The monoisotopic (exact) mass is 383 g/mol. The fourth-order valence-corrected chi connectivity index (χ4v) is 2.49. The summed E-state index contributed by atoms with van der Waals surface area (Å²) in [4.78, 5) is 15.8.